The molecule has 0 saturated heterocycles. The minimum Gasteiger partial charge on any atom is -0.354 e. The third-order valence-electron chi connectivity index (χ3n) is 3.86. The van der Waals surface area contributed by atoms with Gasteiger partial charge in [0, 0.05) is 37.4 Å². The number of aromatic nitrogens is 5. The monoisotopic (exact) mass is 339 g/mol. The van der Waals surface area contributed by atoms with Crippen LogP contribution in [0, 0.1) is 0 Å². The third kappa shape index (κ3) is 4.43. The van der Waals surface area contributed by atoms with E-state index in [9.17, 15) is 4.79 Å². The summed E-state index contributed by atoms with van der Waals surface area (Å²) in [5, 5.41) is 9.85. The van der Waals surface area contributed by atoms with Gasteiger partial charge >= 0.3 is 6.03 Å². The summed E-state index contributed by atoms with van der Waals surface area (Å²) in [6, 6.07) is 5.65. The number of urea groups is 1. The van der Waals surface area contributed by atoms with Crippen LogP contribution in [0.3, 0.4) is 0 Å². The smallest absolute Gasteiger partial charge is 0.319 e. The average molecular weight is 339 g/mol. The maximum atomic E-state index is 12.1. The molecule has 0 bridgehead atoms. The molecule has 130 valence electrons. The first kappa shape index (κ1) is 16.7. The van der Waals surface area contributed by atoms with Crippen LogP contribution >= 0.6 is 0 Å². The van der Waals surface area contributed by atoms with Crippen molar-refractivity contribution in [1.29, 1.82) is 0 Å². The van der Waals surface area contributed by atoms with E-state index in [4.69, 9.17) is 0 Å². The van der Waals surface area contributed by atoms with Crippen LogP contribution in [-0.4, -0.2) is 36.4 Å². The van der Waals surface area contributed by atoms with Crippen molar-refractivity contribution in [3.05, 3.63) is 54.9 Å². The van der Waals surface area contributed by atoms with Crippen molar-refractivity contribution in [2.75, 3.05) is 5.32 Å². The van der Waals surface area contributed by atoms with Crippen LogP contribution in [0.1, 0.15) is 19.0 Å². The molecular formula is C17H21N7O. The second-order valence-electron chi connectivity index (χ2n) is 5.87. The Morgan fingerprint density at radius 1 is 1.28 bits per heavy atom. The summed E-state index contributed by atoms with van der Waals surface area (Å²) in [5.74, 6) is 0.451. The van der Waals surface area contributed by atoms with Gasteiger partial charge in [0.2, 0.25) is 5.95 Å². The Kier molecular flexibility index (Phi) is 5.08. The number of nitrogens with zero attached hydrogens (tertiary/aromatic N) is 5. The van der Waals surface area contributed by atoms with Crippen molar-refractivity contribution >= 4 is 11.7 Å². The average Bonchev–Trinajstić information content (AvgIpc) is 3.23. The van der Waals surface area contributed by atoms with Crippen LogP contribution in [0.25, 0.3) is 5.95 Å². The molecule has 0 fully saturated rings. The summed E-state index contributed by atoms with van der Waals surface area (Å²) >= 11 is 0. The minimum absolute atomic E-state index is 0.0578. The Bertz CT molecular complexity index is 824. The molecule has 0 aromatic carbocycles. The maximum Gasteiger partial charge on any atom is 0.319 e. The molecule has 3 rings (SSSR count). The number of anilines is 1. The van der Waals surface area contributed by atoms with Crippen molar-refractivity contribution in [2.45, 2.75) is 25.8 Å². The Labute approximate surface area is 145 Å². The van der Waals surface area contributed by atoms with Crippen LogP contribution in [0.5, 0.6) is 0 Å². The van der Waals surface area contributed by atoms with Gasteiger partial charge in [-0.3, -0.25) is 0 Å². The fourth-order valence-corrected chi connectivity index (χ4v) is 2.49. The molecule has 0 saturated carbocycles. The highest BCUT2D eigenvalue weighted by molar-refractivity contribution is 5.89. The number of amides is 2. The Hall–Kier alpha value is -3.16. The number of hydrogen-bond donors (Lipinski definition) is 2. The lowest BCUT2D eigenvalue weighted by Gasteiger charge is -2.14. The van der Waals surface area contributed by atoms with E-state index in [2.05, 4.69) is 36.3 Å². The van der Waals surface area contributed by atoms with Gasteiger partial charge in [0.15, 0.2) is 0 Å². The van der Waals surface area contributed by atoms with Crippen molar-refractivity contribution in [3.63, 3.8) is 0 Å². The van der Waals surface area contributed by atoms with E-state index in [1.807, 2.05) is 26.2 Å². The first-order chi connectivity index (χ1) is 12.1. The standard InChI is InChI=1S/C17H21N7O/c1-13(6-7-15-5-3-10-23(15)2)21-17(25)22-14-11-20-24(12-14)16-18-8-4-9-19-16/h3-5,8-13H,6-7H2,1-2H3,(H2,21,22,25)/t13-/m1/s1. The van der Waals surface area contributed by atoms with E-state index in [-0.39, 0.29) is 12.1 Å². The third-order valence-corrected chi connectivity index (χ3v) is 3.86. The Balaban J connectivity index is 1.49. The molecule has 25 heavy (non-hydrogen) atoms. The first-order valence-electron chi connectivity index (χ1n) is 8.11. The number of nitrogens with one attached hydrogen (secondary N) is 2. The quantitative estimate of drug-likeness (QED) is 0.720. The van der Waals surface area contributed by atoms with E-state index in [0.29, 0.717) is 11.6 Å². The van der Waals surface area contributed by atoms with Gasteiger partial charge in [0.1, 0.15) is 0 Å². The van der Waals surface area contributed by atoms with Crippen LogP contribution in [0.15, 0.2) is 49.2 Å². The van der Waals surface area contributed by atoms with E-state index < -0.39 is 0 Å². The van der Waals surface area contributed by atoms with Crippen molar-refractivity contribution in [2.24, 2.45) is 7.05 Å². The van der Waals surface area contributed by atoms with Gasteiger partial charge in [0.25, 0.3) is 0 Å². The number of hydrogen-bond acceptors (Lipinski definition) is 4. The predicted octanol–water partition coefficient (Wildman–Crippen LogP) is 2.14. The van der Waals surface area contributed by atoms with E-state index in [1.165, 1.54) is 10.4 Å². The van der Waals surface area contributed by atoms with Crippen LogP contribution in [-0.2, 0) is 13.5 Å². The number of carbonyl (C=O) groups is 1. The highest BCUT2D eigenvalue weighted by Gasteiger charge is 2.10. The van der Waals surface area contributed by atoms with Gasteiger partial charge in [0.05, 0.1) is 18.1 Å². The summed E-state index contributed by atoms with van der Waals surface area (Å²) in [6.07, 6.45) is 10.3. The fraction of sp³-hybridized carbons (Fsp3) is 0.294. The molecule has 3 aromatic heterocycles. The number of carbonyl (C=O) groups excluding carboxylic acids is 1. The summed E-state index contributed by atoms with van der Waals surface area (Å²) in [4.78, 5) is 20.3. The maximum absolute atomic E-state index is 12.1. The molecule has 0 aliphatic heterocycles. The predicted molar refractivity (Wildman–Crippen MR) is 94.5 cm³/mol. The lowest BCUT2D eigenvalue weighted by atomic mass is 10.1. The van der Waals surface area contributed by atoms with E-state index >= 15 is 0 Å². The highest BCUT2D eigenvalue weighted by Crippen LogP contribution is 2.09. The topological polar surface area (TPSA) is 89.7 Å². The highest BCUT2D eigenvalue weighted by atomic mass is 16.2. The van der Waals surface area contributed by atoms with Gasteiger partial charge in [-0.25, -0.2) is 19.4 Å². The number of rotatable bonds is 6. The molecule has 0 unspecified atom stereocenters. The molecule has 3 aromatic rings. The molecule has 1 atom stereocenters. The molecule has 0 aliphatic carbocycles. The van der Waals surface area contributed by atoms with Crippen LogP contribution in [0.2, 0.25) is 0 Å². The Morgan fingerprint density at radius 2 is 2.08 bits per heavy atom. The Morgan fingerprint density at radius 3 is 2.80 bits per heavy atom. The van der Waals surface area contributed by atoms with E-state index in [1.54, 1.807) is 30.9 Å². The second-order valence-corrected chi connectivity index (χ2v) is 5.87. The van der Waals surface area contributed by atoms with Gasteiger partial charge in [-0.05, 0) is 38.0 Å². The van der Waals surface area contributed by atoms with Gasteiger partial charge in [-0.15, -0.1) is 0 Å². The lowest BCUT2D eigenvalue weighted by molar-refractivity contribution is 0.248. The lowest BCUT2D eigenvalue weighted by Crippen LogP contribution is -2.36. The van der Waals surface area contributed by atoms with Crippen molar-refractivity contribution in [1.82, 2.24) is 29.6 Å². The molecule has 0 aliphatic rings. The summed E-state index contributed by atoms with van der Waals surface area (Å²) < 4.78 is 3.60. The number of aryl methyl sites for hydroxylation is 2. The molecule has 2 amide bonds. The molecule has 0 radical (unpaired) electrons. The van der Waals surface area contributed by atoms with Gasteiger partial charge < -0.3 is 15.2 Å². The molecule has 8 heteroatoms. The SMILES string of the molecule is C[C@H](CCc1cccn1C)NC(=O)Nc1cnn(-c2ncccn2)c1. The summed E-state index contributed by atoms with van der Waals surface area (Å²) in [6.45, 7) is 1.99. The molecule has 3 heterocycles. The first-order valence-corrected chi connectivity index (χ1v) is 8.11. The summed E-state index contributed by atoms with van der Waals surface area (Å²) in [7, 11) is 2.02. The van der Waals surface area contributed by atoms with Crippen molar-refractivity contribution in [3.8, 4) is 5.95 Å². The zero-order valence-corrected chi connectivity index (χ0v) is 14.3. The van der Waals surface area contributed by atoms with Crippen molar-refractivity contribution < 1.29 is 4.79 Å². The normalized spacial score (nSPS) is 11.9. The van der Waals surface area contributed by atoms with E-state index in [0.717, 1.165) is 12.8 Å². The summed E-state index contributed by atoms with van der Waals surface area (Å²) in [5.41, 5.74) is 1.83. The van der Waals surface area contributed by atoms with Gasteiger partial charge in [-0.1, -0.05) is 0 Å². The minimum atomic E-state index is -0.257. The zero-order chi connectivity index (χ0) is 17.6. The molecule has 2 N–H and O–H groups in total. The molecule has 8 nitrogen and oxygen atoms in total. The van der Waals surface area contributed by atoms with Crippen LogP contribution in [0.4, 0.5) is 10.5 Å². The van der Waals surface area contributed by atoms with Crippen LogP contribution < -0.4 is 10.6 Å². The molecular weight excluding hydrogens is 318 g/mol. The zero-order valence-electron chi connectivity index (χ0n) is 14.3. The molecule has 0 spiro atoms. The van der Waals surface area contributed by atoms with Gasteiger partial charge in [-0.2, -0.15) is 5.10 Å². The second kappa shape index (κ2) is 7.61. The largest absolute Gasteiger partial charge is 0.354 e. The fourth-order valence-electron chi connectivity index (χ4n) is 2.49.